The number of H-pyrrole nitrogens is 1. The van der Waals surface area contributed by atoms with Crippen LogP contribution in [0.5, 0.6) is 0 Å². The zero-order chi connectivity index (χ0) is 18.6. The van der Waals surface area contributed by atoms with E-state index in [1.807, 2.05) is 24.4 Å². The highest BCUT2D eigenvalue weighted by Crippen LogP contribution is 2.39. The number of nitrogens with zero attached hydrogens (tertiary/aromatic N) is 4. The predicted molar refractivity (Wildman–Crippen MR) is 104 cm³/mol. The van der Waals surface area contributed by atoms with Crippen LogP contribution in [0.4, 0.5) is 0 Å². The topological polar surface area (TPSA) is 72.5 Å². The molecule has 0 bridgehead atoms. The SMILES string of the molecule is CCn1nc(-c2nc(-c3ccc4[nH]ccc4c3)no2)c2c1CC(C)(C)CC2. The maximum absolute atomic E-state index is 5.63. The Bertz CT molecular complexity index is 1130. The third-order valence-corrected chi connectivity index (χ3v) is 5.60. The zero-order valence-corrected chi connectivity index (χ0v) is 15.9. The molecule has 1 aliphatic carbocycles. The lowest BCUT2D eigenvalue weighted by molar-refractivity contribution is 0.304. The van der Waals surface area contributed by atoms with Crippen LogP contribution in [0, 0.1) is 5.41 Å². The molecule has 27 heavy (non-hydrogen) atoms. The number of aryl methyl sites for hydroxylation is 1. The molecule has 6 nitrogen and oxygen atoms in total. The Morgan fingerprint density at radius 2 is 2.15 bits per heavy atom. The van der Waals surface area contributed by atoms with Crippen molar-refractivity contribution in [2.45, 2.75) is 46.6 Å². The van der Waals surface area contributed by atoms with Crippen LogP contribution in [0.2, 0.25) is 0 Å². The average molecular weight is 361 g/mol. The van der Waals surface area contributed by atoms with Gasteiger partial charge in [0, 0.05) is 40.5 Å². The number of benzene rings is 1. The smallest absolute Gasteiger partial charge is 0.279 e. The molecule has 0 saturated heterocycles. The lowest BCUT2D eigenvalue weighted by Gasteiger charge is -2.30. The number of nitrogens with one attached hydrogen (secondary N) is 1. The van der Waals surface area contributed by atoms with Crippen LogP contribution in [0.25, 0.3) is 33.9 Å². The third kappa shape index (κ3) is 2.67. The fourth-order valence-electron chi connectivity index (χ4n) is 4.06. The molecule has 0 aliphatic heterocycles. The predicted octanol–water partition coefficient (Wildman–Crippen LogP) is 4.62. The van der Waals surface area contributed by atoms with Crippen molar-refractivity contribution >= 4 is 10.9 Å². The highest BCUT2D eigenvalue weighted by Gasteiger charge is 2.32. The van der Waals surface area contributed by atoms with Crippen molar-refractivity contribution in [2.75, 3.05) is 0 Å². The number of hydrogen-bond donors (Lipinski definition) is 1. The Morgan fingerprint density at radius 3 is 3.00 bits per heavy atom. The summed E-state index contributed by atoms with van der Waals surface area (Å²) in [6.45, 7) is 7.63. The molecule has 0 amide bonds. The van der Waals surface area contributed by atoms with Gasteiger partial charge in [-0.2, -0.15) is 10.1 Å². The quantitative estimate of drug-likeness (QED) is 0.578. The first-order valence-corrected chi connectivity index (χ1v) is 9.54. The van der Waals surface area contributed by atoms with Gasteiger partial charge < -0.3 is 9.51 Å². The highest BCUT2D eigenvalue weighted by atomic mass is 16.5. The fourth-order valence-corrected chi connectivity index (χ4v) is 4.06. The summed E-state index contributed by atoms with van der Waals surface area (Å²) in [6, 6.07) is 8.16. The molecule has 6 heteroatoms. The van der Waals surface area contributed by atoms with E-state index in [0.717, 1.165) is 48.0 Å². The lowest BCUT2D eigenvalue weighted by atomic mass is 9.76. The second-order valence-corrected chi connectivity index (χ2v) is 8.13. The van der Waals surface area contributed by atoms with Crippen LogP contribution in [-0.2, 0) is 19.4 Å². The summed E-state index contributed by atoms with van der Waals surface area (Å²) in [5.41, 5.74) is 5.79. The van der Waals surface area contributed by atoms with E-state index in [0.29, 0.717) is 17.1 Å². The van der Waals surface area contributed by atoms with E-state index < -0.39 is 0 Å². The van der Waals surface area contributed by atoms with Gasteiger partial charge in [0.15, 0.2) is 5.69 Å². The van der Waals surface area contributed by atoms with Gasteiger partial charge in [0.05, 0.1) is 0 Å². The van der Waals surface area contributed by atoms with Crippen molar-refractivity contribution < 1.29 is 4.52 Å². The Labute approximate surface area is 157 Å². The van der Waals surface area contributed by atoms with Crippen molar-refractivity contribution in [1.82, 2.24) is 24.9 Å². The van der Waals surface area contributed by atoms with Gasteiger partial charge in [0.2, 0.25) is 5.82 Å². The first kappa shape index (κ1) is 16.3. The van der Waals surface area contributed by atoms with Gasteiger partial charge in [-0.15, -0.1) is 0 Å². The summed E-state index contributed by atoms with van der Waals surface area (Å²) in [5, 5.41) is 10.2. The lowest BCUT2D eigenvalue weighted by Crippen LogP contribution is -2.24. The number of fused-ring (bicyclic) bond motifs is 2. The van der Waals surface area contributed by atoms with Gasteiger partial charge in [-0.25, -0.2) is 0 Å². The minimum Gasteiger partial charge on any atom is -0.361 e. The number of hydrogen-bond acceptors (Lipinski definition) is 4. The molecule has 0 atom stereocenters. The zero-order valence-electron chi connectivity index (χ0n) is 15.9. The molecule has 0 radical (unpaired) electrons. The number of aromatic nitrogens is 5. The Kier molecular flexibility index (Phi) is 3.50. The normalized spacial score (nSPS) is 16.0. The summed E-state index contributed by atoms with van der Waals surface area (Å²) < 4.78 is 7.73. The van der Waals surface area contributed by atoms with Crippen molar-refractivity contribution in [3.05, 3.63) is 41.7 Å². The summed E-state index contributed by atoms with van der Waals surface area (Å²) in [5.74, 6) is 1.12. The van der Waals surface area contributed by atoms with Crippen LogP contribution >= 0.6 is 0 Å². The minimum absolute atomic E-state index is 0.309. The second-order valence-electron chi connectivity index (χ2n) is 8.13. The van der Waals surface area contributed by atoms with Gasteiger partial charge in [0.1, 0.15) is 0 Å². The Balaban J connectivity index is 1.56. The molecule has 1 N–H and O–H groups in total. The molecule has 3 aromatic heterocycles. The largest absolute Gasteiger partial charge is 0.361 e. The fraction of sp³-hybridized carbons (Fsp3) is 0.381. The molecule has 3 heterocycles. The van der Waals surface area contributed by atoms with Gasteiger partial charge in [-0.05, 0) is 55.9 Å². The molecule has 0 fully saturated rings. The molecule has 0 unspecified atom stereocenters. The Morgan fingerprint density at radius 1 is 1.26 bits per heavy atom. The van der Waals surface area contributed by atoms with E-state index in [9.17, 15) is 0 Å². The van der Waals surface area contributed by atoms with Crippen LogP contribution in [0.3, 0.4) is 0 Å². The van der Waals surface area contributed by atoms with Crippen LogP contribution in [-0.4, -0.2) is 24.9 Å². The molecule has 0 spiro atoms. The Hall–Kier alpha value is -2.89. The minimum atomic E-state index is 0.309. The first-order valence-electron chi connectivity index (χ1n) is 9.54. The van der Waals surface area contributed by atoms with Crippen LogP contribution in [0.1, 0.15) is 38.4 Å². The molecule has 5 rings (SSSR count). The molecule has 4 aromatic rings. The van der Waals surface area contributed by atoms with Crippen molar-refractivity contribution in [1.29, 1.82) is 0 Å². The first-order chi connectivity index (χ1) is 13.0. The number of aromatic amines is 1. The molecular weight excluding hydrogens is 338 g/mol. The molecule has 0 saturated carbocycles. The van der Waals surface area contributed by atoms with Gasteiger partial charge in [-0.1, -0.05) is 19.0 Å². The van der Waals surface area contributed by atoms with E-state index in [2.05, 4.69) is 46.6 Å². The number of rotatable bonds is 3. The molecular formula is C21H23N5O. The second kappa shape index (κ2) is 5.81. The van der Waals surface area contributed by atoms with E-state index >= 15 is 0 Å². The summed E-state index contributed by atoms with van der Waals surface area (Å²) >= 11 is 0. The highest BCUT2D eigenvalue weighted by molar-refractivity contribution is 5.83. The standard InChI is InChI=1S/C21H23N5O/c1-4-26-17-12-21(2,3)9-7-15(17)18(24-26)20-23-19(25-27-20)14-5-6-16-13(11-14)8-10-22-16/h5-6,8,10-11,22H,4,7,9,12H2,1-3H3. The summed E-state index contributed by atoms with van der Waals surface area (Å²) in [6.07, 6.45) is 5.12. The monoisotopic (exact) mass is 361 g/mol. The molecule has 1 aliphatic rings. The molecule has 138 valence electrons. The van der Waals surface area contributed by atoms with Gasteiger partial charge in [0.25, 0.3) is 5.89 Å². The van der Waals surface area contributed by atoms with Crippen LogP contribution in [0.15, 0.2) is 35.0 Å². The summed E-state index contributed by atoms with van der Waals surface area (Å²) in [7, 11) is 0. The van der Waals surface area contributed by atoms with Gasteiger partial charge >= 0.3 is 0 Å². The van der Waals surface area contributed by atoms with Crippen LogP contribution < -0.4 is 0 Å². The van der Waals surface area contributed by atoms with E-state index in [1.54, 1.807) is 0 Å². The van der Waals surface area contributed by atoms with E-state index in [1.165, 1.54) is 11.3 Å². The van der Waals surface area contributed by atoms with Crippen molar-refractivity contribution in [3.63, 3.8) is 0 Å². The van der Waals surface area contributed by atoms with E-state index in [-0.39, 0.29) is 0 Å². The van der Waals surface area contributed by atoms with Crippen molar-refractivity contribution in [2.24, 2.45) is 5.41 Å². The maximum Gasteiger partial charge on any atom is 0.279 e. The average Bonchev–Trinajstić information content (AvgIpc) is 3.37. The molecule has 1 aromatic carbocycles. The van der Waals surface area contributed by atoms with Crippen molar-refractivity contribution in [3.8, 4) is 23.0 Å². The third-order valence-electron chi connectivity index (χ3n) is 5.60. The van der Waals surface area contributed by atoms with E-state index in [4.69, 9.17) is 9.62 Å². The maximum atomic E-state index is 5.63. The summed E-state index contributed by atoms with van der Waals surface area (Å²) in [4.78, 5) is 7.87. The van der Waals surface area contributed by atoms with Gasteiger partial charge in [-0.3, -0.25) is 4.68 Å².